The van der Waals surface area contributed by atoms with Crippen LogP contribution in [0, 0.1) is 0 Å². The zero-order valence-corrected chi connectivity index (χ0v) is 10.9. The van der Waals surface area contributed by atoms with Crippen molar-refractivity contribution in [2.75, 3.05) is 37.6 Å². The first kappa shape index (κ1) is 12.2. The average molecular weight is 230 g/mol. The van der Waals surface area contributed by atoms with E-state index in [0.717, 1.165) is 19.6 Å². The zero-order valence-electron chi connectivity index (χ0n) is 10.9. The molecule has 2 heteroatoms. The van der Waals surface area contributed by atoms with Gasteiger partial charge in [-0.25, -0.2) is 0 Å². The van der Waals surface area contributed by atoms with Crippen LogP contribution in [0.5, 0.6) is 0 Å². The molecule has 1 heterocycles. The van der Waals surface area contributed by atoms with Crippen LogP contribution in [0.25, 0.3) is 0 Å². The predicted octanol–water partition coefficient (Wildman–Crippen LogP) is 2.77. The van der Waals surface area contributed by atoms with Gasteiger partial charge < -0.3 is 4.90 Å². The molecule has 0 bridgehead atoms. The molecule has 0 unspecified atom stereocenters. The number of hydrogen-bond donors (Lipinski definition) is 0. The van der Waals surface area contributed by atoms with E-state index in [9.17, 15) is 0 Å². The number of rotatable bonds is 3. The Bertz CT molecular complexity index is 362. The average Bonchev–Trinajstić information content (AvgIpc) is 2.40. The van der Waals surface area contributed by atoms with E-state index in [4.69, 9.17) is 0 Å². The maximum atomic E-state index is 2.54. The van der Waals surface area contributed by atoms with E-state index in [0.29, 0.717) is 0 Å². The smallest absolute Gasteiger partial charge is 0.0367 e. The molecule has 1 aliphatic rings. The topological polar surface area (TPSA) is 6.48 Å². The van der Waals surface area contributed by atoms with Crippen molar-refractivity contribution in [1.29, 1.82) is 0 Å². The maximum absolute atomic E-state index is 2.54. The molecular weight excluding hydrogens is 208 g/mol. The van der Waals surface area contributed by atoms with Crippen LogP contribution in [0.1, 0.15) is 13.8 Å². The highest BCUT2D eigenvalue weighted by atomic mass is 15.3. The summed E-state index contributed by atoms with van der Waals surface area (Å²) in [5.74, 6) is 0. The highest BCUT2D eigenvalue weighted by Gasteiger charge is 2.16. The van der Waals surface area contributed by atoms with Gasteiger partial charge in [-0.3, -0.25) is 4.90 Å². The summed E-state index contributed by atoms with van der Waals surface area (Å²) < 4.78 is 0. The van der Waals surface area contributed by atoms with Crippen molar-refractivity contribution in [3.05, 3.63) is 42.0 Å². The molecule has 2 nitrogen and oxygen atoms in total. The third kappa shape index (κ3) is 3.34. The maximum Gasteiger partial charge on any atom is 0.0367 e. The van der Waals surface area contributed by atoms with E-state index in [1.807, 2.05) is 0 Å². The Balaban J connectivity index is 1.86. The van der Waals surface area contributed by atoms with Crippen molar-refractivity contribution in [2.24, 2.45) is 0 Å². The Morgan fingerprint density at radius 2 is 1.76 bits per heavy atom. The molecule has 0 N–H and O–H groups in total. The van der Waals surface area contributed by atoms with Gasteiger partial charge in [-0.2, -0.15) is 0 Å². The Labute approximate surface area is 105 Å². The van der Waals surface area contributed by atoms with E-state index < -0.39 is 0 Å². The lowest BCUT2D eigenvalue weighted by molar-refractivity contribution is 0.278. The second-order valence-electron chi connectivity index (χ2n) is 4.73. The van der Waals surface area contributed by atoms with E-state index in [1.165, 1.54) is 24.4 Å². The minimum absolute atomic E-state index is 1.12. The van der Waals surface area contributed by atoms with Gasteiger partial charge in [0.15, 0.2) is 0 Å². The molecule has 0 atom stereocenters. The van der Waals surface area contributed by atoms with Gasteiger partial charge in [0.25, 0.3) is 0 Å². The van der Waals surface area contributed by atoms with Gasteiger partial charge in [0.1, 0.15) is 0 Å². The van der Waals surface area contributed by atoms with Crippen molar-refractivity contribution < 1.29 is 0 Å². The summed E-state index contributed by atoms with van der Waals surface area (Å²) in [6.07, 6.45) is 2.21. The lowest BCUT2D eigenvalue weighted by atomic mass is 10.2. The van der Waals surface area contributed by atoms with Gasteiger partial charge in [0.05, 0.1) is 0 Å². The molecule has 0 radical (unpaired) electrons. The second-order valence-corrected chi connectivity index (χ2v) is 4.73. The standard InChI is InChI=1S/C15H22N2/c1-3-14(2)13-16-9-11-17(12-10-16)15-7-5-4-6-8-15/h3-8H,9-13H2,1-2H3/b14-3-. The predicted molar refractivity (Wildman–Crippen MR) is 74.5 cm³/mol. The molecule has 1 aliphatic heterocycles. The Morgan fingerprint density at radius 3 is 2.35 bits per heavy atom. The normalized spacial score (nSPS) is 18.5. The molecule has 0 aromatic heterocycles. The summed E-state index contributed by atoms with van der Waals surface area (Å²) in [6, 6.07) is 10.7. The number of piperazine rings is 1. The van der Waals surface area contributed by atoms with Gasteiger partial charge in [0.2, 0.25) is 0 Å². The highest BCUT2D eigenvalue weighted by molar-refractivity contribution is 5.46. The zero-order chi connectivity index (χ0) is 12.1. The van der Waals surface area contributed by atoms with Crippen LogP contribution in [-0.2, 0) is 0 Å². The van der Waals surface area contributed by atoms with E-state index in [-0.39, 0.29) is 0 Å². The molecule has 1 fully saturated rings. The van der Waals surface area contributed by atoms with E-state index in [2.05, 4.69) is 60.1 Å². The molecule has 17 heavy (non-hydrogen) atoms. The fourth-order valence-electron chi connectivity index (χ4n) is 2.25. The molecule has 0 saturated carbocycles. The summed E-state index contributed by atoms with van der Waals surface area (Å²) in [5.41, 5.74) is 2.83. The van der Waals surface area contributed by atoms with Crippen LogP contribution in [0.4, 0.5) is 5.69 Å². The fourth-order valence-corrected chi connectivity index (χ4v) is 2.25. The minimum Gasteiger partial charge on any atom is -0.369 e. The molecule has 0 spiro atoms. The number of anilines is 1. The SMILES string of the molecule is C/C=C(/C)CN1CCN(c2ccccc2)CC1. The Kier molecular flexibility index (Phi) is 4.21. The monoisotopic (exact) mass is 230 g/mol. The molecule has 2 rings (SSSR count). The largest absolute Gasteiger partial charge is 0.369 e. The number of hydrogen-bond acceptors (Lipinski definition) is 2. The van der Waals surface area contributed by atoms with Crippen LogP contribution in [0.3, 0.4) is 0 Å². The third-order valence-electron chi connectivity index (χ3n) is 3.46. The first-order valence-corrected chi connectivity index (χ1v) is 6.44. The first-order chi connectivity index (χ1) is 8.29. The Morgan fingerprint density at radius 1 is 1.12 bits per heavy atom. The van der Waals surface area contributed by atoms with Gasteiger partial charge >= 0.3 is 0 Å². The van der Waals surface area contributed by atoms with Crippen LogP contribution in [0.2, 0.25) is 0 Å². The summed E-state index contributed by atoms with van der Waals surface area (Å²) in [7, 11) is 0. The fraction of sp³-hybridized carbons (Fsp3) is 0.467. The van der Waals surface area contributed by atoms with E-state index in [1.54, 1.807) is 0 Å². The van der Waals surface area contributed by atoms with E-state index >= 15 is 0 Å². The summed E-state index contributed by atoms with van der Waals surface area (Å²) in [4.78, 5) is 5.01. The number of allylic oxidation sites excluding steroid dienone is 1. The van der Waals surface area contributed by atoms with Crippen molar-refractivity contribution in [1.82, 2.24) is 4.90 Å². The number of benzene rings is 1. The van der Waals surface area contributed by atoms with Crippen LogP contribution in [-0.4, -0.2) is 37.6 Å². The van der Waals surface area contributed by atoms with Gasteiger partial charge in [-0.1, -0.05) is 29.8 Å². The van der Waals surface area contributed by atoms with Gasteiger partial charge in [-0.15, -0.1) is 0 Å². The van der Waals surface area contributed by atoms with Crippen LogP contribution >= 0.6 is 0 Å². The molecule has 1 aromatic rings. The molecule has 0 amide bonds. The van der Waals surface area contributed by atoms with Crippen molar-refractivity contribution in [3.8, 4) is 0 Å². The quantitative estimate of drug-likeness (QED) is 0.737. The minimum atomic E-state index is 1.12. The van der Waals surface area contributed by atoms with Gasteiger partial charge in [0, 0.05) is 38.4 Å². The summed E-state index contributed by atoms with van der Waals surface area (Å²) in [6.45, 7) is 10.1. The first-order valence-electron chi connectivity index (χ1n) is 6.44. The lowest BCUT2D eigenvalue weighted by Gasteiger charge is -2.36. The molecule has 92 valence electrons. The molecule has 1 saturated heterocycles. The van der Waals surface area contributed by atoms with Crippen molar-refractivity contribution in [2.45, 2.75) is 13.8 Å². The van der Waals surface area contributed by atoms with Crippen molar-refractivity contribution >= 4 is 5.69 Å². The summed E-state index contributed by atoms with van der Waals surface area (Å²) in [5, 5.41) is 0. The third-order valence-corrected chi connectivity index (χ3v) is 3.46. The Hall–Kier alpha value is -1.28. The number of nitrogens with zero attached hydrogens (tertiary/aromatic N) is 2. The second kappa shape index (κ2) is 5.87. The van der Waals surface area contributed by atoms with Crippen LogP contribution in [0.15, 0.2) is 42.0 Å². The van der Waals surface area contributed by atoms with Crippen LogP contribution < -0.4 is 4.90 Å². The molecule has 0 aliphatic carbocycles. The highest BCUT2D eigenvalue weighted by Crippen LogP contribution is 2.15. The van der Waals surface area contributed by atoms with Crippen molar-refractivity contribution in [3.63, 3.8) is 0 Å². The number of para-hydroxylation sites is 1. The molecular formula is C15H22N2. The lowest BCUT2D eigenvalue weighted by Crippen LogP contribution is -2.46. The summed E-state index contributed by atoms with van der Waals surface area (Å²) >= 11 is 0. The molecule has 1 aromatic carbocycles. The van der Waals surface area contributed by atoms with Gasteiger partial charge in [-0.05, 0) is 26.0 Å².